The molecule has 1 aliphatic rings. The third-order valence-corrected chi connectivity index (χ3v) is 5.83. The van der Waals surface area contributed by atoms with E-state index >= 15 is 0 Å². The molecule has 0 aliphatic carbocycles. The Morgan fingerprint density at radius 1 is 1.22 bits per heavy atom. The van der Waals surface area contributed by atoms with E-state index in [0.717, 1.165) is 0 Å². The van der Waals surface area contributed by atoms with Crippen LogP contribution in [-0.2, 0) is 10.2 Å². The maximum atomic E-state index is 14.7. The fraction of sp³-hybridized carbons (Fsp3) is 0.364. The van der Waals surface area contributed by atoms with Crippen LogP contribution >= 0.6 is 12.2 Å². The molecule has 0 radical (unpaired) electrons. The molecule has 1 heterocycles. The van der Waals surface area contributed by atoms with Gasteiger partial charge in [-0.05, 0) is 25.0 Å². The monoisotopic (exact) mass is 386 g/mol. The predicted molar refractivity (Wildman–Crippen MR) is 107 cm³/mol. The fourth-order valence-electron chi connectivity index (χ4n) is 4.06. The highest BCUT2D eigenvalue weighted by molar-refractivity contribution is 7.80. The third kappa shape index (κ3) is 3.86. The second kappa shape index (κ2) is 8.38. The van der Waals surface area contributed by atoms with E-state index in [9.17, 15) is 14.3 Å². The van der Waals surface area contributed by atoms with Crippen LogP contribution in [-0.4, -0.2) is 35.1 Å². The molecule has 1 saturated heterocycles. The minimum absolute atomic E-state index is 0.0589. The number of ketones is 1. The second-order valence-corrected chi connectivity index (χ2v) is 7.63. The Morgan fingerprint density at radius 2 is 1.89 bits per heavy atom. The van der Waals surface area contributed by atoms with Crippen molar-refractivity contribution in [3.63, 3.8) is 0 Å². The molecular weight excluding hydrogens is 363 g/mol. The highest BCUT2D eigenvalue weighted by Gasteiger charge is 2.51. The van der Waals surface area contributed by atoms with Gasteiger partial charge >= 0.3 is 0 Å². The van der Waals surface area contributed by atoms with Gasteiger partial charge in [0, 0.05) is 34.8 Å². The summed E-state index contributed by atoms with van der Waals surface area (Å²) in [6, 6.07) is 15.5. The van der Waals surface area contributed by atoms with Gasteiger partial charge in [-0.1, -0.05) is 60.7 Å². The molecule has 2 aromatic carbocycles. The standard InChI is InChI=1S/C22H23FO3S/c1-15-22(17(13-24)14-26-15,19-9-5-6-10-20(19)23)12-18(27)11-21(25)16-7-3-2-4-8-16/h2-10,15,17,24H,11-14H2,1H3/t15-,17+,22+/m0/s1. The number of aliphatic hydroxyl groups is 1. The predicted octanol–water partition coefficient (Wildman–Crippen LogP) is 4.12. The SMILES string of the molecule is C[C@@H]1OC[C@@H](CO)[C@]1(CC(=S)CC(=O)c1ccccc1)c1ccccc1F. The molecule has 3 rings (SSSR count). The summed E-state index contributed by atoms with van der Waals surface area (Å²) < 4.78 is 20.5. The largest absolute Gasteiger partial charge is 0.396 e. The van der Waals surface area contributed by atoms with Gasteiger partial charge in [-0.15, -0.1) is 0 Å². The number of benzene rings is 2. The van der Waals surface area contributed by atoms with Crippen LogP contribution in [0.1, 0.15) is 35.7 Å². The number of thiocarbonyl (C=S) groups is 1. The number of rotatable bonds is 7. The summed E-state index contributed by atoms with van der Waals surface area (Å²) >= 11 is 5.56. The number of Topliss-reactive ketones (excluding diaryl/α,β-unsaturated/α-hetero) is 1. The zero-order valence-corrected chi connectivity index (χ0v) is 16.0. The Bertz CT molecular complexity index is 823. The third-order valence-electron chi connectivity index (χ3n) is 5.54. The number of ether oxygens (including phenoxy) is 1. The first-order chi connectivity index (χ1) is 13.0. The lowest BCUT2D eigenvalue weighted by molar-refractivity contribution is 0.0935. The number of hydrogen-bond acceptors (Lipinski definition) is 4. The van der Waals surface area contributed by atoms with E-state index in [1.807, 2.05) is 25.1 Å². The normalized spacial score (nSPS) is 24.7. The lowest BCUT2D eigenvalue weighted by Crippen LogP contribution is -2.43. The van der Waals surface area contributed by atoms with Crippen molar-refractivity contribution in [1.29, 1.82) is 0 Å². The summed E-state index contributed by atoms with van der Waals surface area (Å²) in [5.74, 6) is -0.684. The number of carbonyl (C=O) groups is 1. The topological polar surface area (TPSA) is 46.5 Å². The van der Waals surface area contributed by atoms with Gasteiger partial charge in [-0.2, -0.15) is 0 Å². The van der Waals surface area contributed by atoms with Gasteiger partial charge < -0.3 is 9.84 Å². The Hall–Kier alpha value is -1.95. The molecule has 0 aromatic heterocycles. The van der Waals surface area contributed by atoms with Gasteiger partial charge in [0.1, 0.15) is 5.82 Å². The summed E-state index contributed by atoms with van der Waals surface area (Å²) in [6.07, 6.45) is 0.102. The highest BCUT2D eigenvalue weighted by atomic mass is 32.1. The molecule has 0 amide bonds. The summed E-state index contributed by atoms with van der Waals surface area (Å²) in [4.78, 5) is 13.1. The van der Waals surface area contributed by atoms with Crippen molar-refractivity contribution in [3.8, 4) is 0 Å². The first-order valence-electron chi connectivity index (χ1n) is 9.06. The molecule has 2 aromatic rings. The molecule has 0 bridgehead atoms. The van der Waals surface area contributed by atoms with Gasteiger partial charge in [-0.25, -0.2) is 4.39 Å². The van der Waals surface area contributed by atoms with Crippen LogP contribution in [0, 0.1) is 11.7 Å². The number of aliphatic hydroxyl groups excluding tert-OH is 1. The average Bonchev–Trinajstić information content (AvgIpc) is 2.98. The van der Waals surface area contributed by atoms with Gasteiger partial charge in [-0.3, -0.25) is 4.79 Å². The smallest absolute Gasteiger partial charge is 0.167 e. The van der Waals surface area contributed by atoms with E-state index in [4.69, 9.17) is 17.0 Å². The quantitative estimate of drug-likeness (QED) is 0.574. The first-order valence-corrected chi connectivity index (χ1v) is 9.47. The van der Waals surface area contributed by atoms with E-state index in [1.54, 1.807) is 30.3 Å². The van der Waals surface area contributed by atoms with E-state index < -0.39 is 5.41 Å². The summed E-state index contributed by atoms with van der Waals surface area (Å²) in [5, 5.41) is 9.93. The lowest BCUT2D eigenvalue weighted by atomic mass is 9.65. The minimum atomic E-state index is -0.784. The lowest BCUT2D eigenvalue weighted by Gasteiger charge is -2.38. The van der Waals surface area contributed by atoms with Crippen LogP contribution in [0.5, 0.6) is 0 Å². The van der Waals surface area contributed by atoms with Crippen molar-refractivity contribution in [2.45, 2.75) is 31.3 Å². The van der Waals surface area contributed by atoms with E-state index in [2.05, 4.69) is 0 Å². The van der Waals surface area contributed by atoms with Gasteiger partial charge in [0.25, 0.3) is 0 Å². The molecular formula is C22H23FO3S. The van der Waals surface area contributed by atoms with E-state index in [1.165, 1.54) is 6.07 Å². The van der Waals surface area contributed by atoms with Crippen LogP contribution in [0.4, 0.5) is 4.39 Å². The summed E-state index contributed by atoms with van der Waals surface area (Å²) in [6.45, 7) is 2.08. The number of hydrogen-bond donors (Lipinski definition) is 1. The average molecular weight is 386 g/mol. The van der Waals surface area contributed by atoms with Crippen molar-refractivity contribution < 1.29 is 19.0 Å². The summed E-state index contributed by atoms with van der Waals surface area (Å²) in [5.41, 5.74) is 0.312. The van der Waals surface area contributed by atoms with Gasteiger partial charge in [0.2, 0.25) is 0 Å². The molecule has 1 fully saturated rings. The van der Waals surface area contributed by atoms with Crippen molar-refractivity contribution in [1.82, 2.24) is 0 Å². The molecule has 1 N–H and O–H groups in total. The molecule has 3 nitrogen and oxygen atoms in total. The van der Waals surface area contributed by atoms with Crippen molar-refractivity contribution in [3.05, 3.63) is 71.5 Å². The molecule has 0 unspecified atom stereocenters. The second-order valence-electron chi connectivity index (χ2n) is 7.06. The first kappa shape index (κ1) is 19.8. The molecule has 0 spiro atoms. The molecule has 142 valence electrons. The Labute approximate surface area is 164 Å². The molecule has 27 heavy (non-hydrogen) atoms. The number of halogens is 1. The molecule has 0 saturated carbocycles. The molecule has 3 atom stereocenters. The Kier molecular flexibility index (Phi) is 6.15. The van der Waals surface area contributed by atoms with Crippen LogP contribution in [0.3, 0.4) is 0 Å². The molecule has 5 heteroatoms. The Morgan fingerprint density at radius 3 is 2.56 bits per heavy atom. The van der Waals surface area contributed by atoms with Crippen LogP contribution < -0.4 is 0 Å². The zero-order valence-electron chi connectivity index (χ0n) is 15.2. The van der Waals surface area contributed by atoms with Crippen LogP contribution in [0.25, 0.3) is 0 Å². The highest BCUT2D eigenvalue weighted by Crippen LogP contribution is 2.47. The van der Waals surface area contributed by atoms with Crippen molar-refractivity contribution >= 4 is 22.9 Å². The van der Waals surface area contributed by atoms with Gasteiger partial charge in [0.15, 0.2) is 5.78 Å². The van der Waals surface area contributed by atoms with E-state index in [-0.39, 0.29) is 36.7 Å². The van der Waals surface area contributed by atoms with E-state index in [0.29, 0.717) is 29.0 Å². The van der Waals surface area contributed by atoms with Crippen molar-refractivity contribution in [2.24, 2.45) is 5.92 Å². The number of carbonyl (C=O) groups excluding carboxylic acids is 1. The zero-order chi connectivity index (χ0) is 19.4. The van der Waals surface area contributed by atoms with Crippen LogP contribution in [0.15, 0.2) is 54.6 Å². The van der Waals surface area contributed by atoms with Crippen molar-refractivity contribution in [2.75, 3.05) is 13.2 Å². The van der Waals surface area contributed by atoms with Gasteiger partial charge in [0.05, 0.1) is 12.7 Å². The fourth-order valence-corrected chi connectivity index (χ4v) is 4.43. The Balaban J connectivity index is 1.90. The minimum Gasteiger partial charge on any atom is -0.396 e. The maximum Gasteiger partial charge on any atom is 0.167 e. The molecule has 1 aliphatic heterocycles. The van der Waals surface area contributed by atoms with Crippen LogP contribution in [0.2, 0.25) is 0 Å². The summed E-state index contributed by atoms with van der Waals surface area (Å²) in [7, 11) is 0. The maximum absolute atomic E-state index is 14.7.